The van der Waals surface area contributed by atoms with E-state index >= 15 is 0 Å². The van der Waals surface area contributed by atoms with E-state index in [1.807, 2.05) is 27.7 Å². The zero-order valence-electron chi connectivity index (χ0n) is 17.7. The van der Waals surface area contributed by atoms with Crippen molar-refractivity contribution >= 4 is 5.82 Å². The topological polar surface area (TPSA) is 77.2 Å². The van der Waals surface area contributed by atoms with E-state index in [4.69, 9.17) is 9.26 Å². The summed E-state index contributed by atoms with van der Waals surface area (Å²) in [6.45, 7) is 9.47. The van der Waals surface area contributed by atoms with Crippen LogP contribution in [0, 0.1) is 12.7 Å². The van der Waals surface area contributed by atoms with Gasteiger partial charge in [0.1, 0.15) is 11.4 Å². The van der Waals surface area contributed by atoms with Crippen molar-refractivity contribution in [3.8, 4) is 17.3 Å². The Hall–Kier alpha value is -3.03. The van der Waals surface area contributed by atoms with Gasteiger partial charge in [-0.3, -0.25) is 0 Å². The van der Waals surface area contributed by atoms with E-state index < -0.39 is 0 Å². The summed E-state index contributed by atoms with van der Waals surface area (Å²) in [6, 6.07) is 6.21. The minimum Gasteiger partial charge on any atom is -0.469 e. The second kappa shape index (κ2) is 8.01. The maximum atomic E-state index is 13.5. The van der Waals surface area contributed by atoms with E-state index in [1.54, 1.807) is 18.3 Å². The number of anilines is 1. The summed E-state index contributed by atoms with van der Waals surface area (Å²) < 4.78 is 25.0. The van der Waals surface area contributed by atoms with E-state index in [2.05, 4.69) is 25.0 Å². The van der Waals surface area contributed by atoms with Gasteiger partial charge in [0.25, 0.3) is 5.88 Å². The molecule has 158 valence electrons. The van der Waals surface area contributed by atoms with Gasteiger partial charge in [-0.05, 0) is 52.7 Å². The van der Waals surface area contributed by atoms with Gasteiger partial charge in [-0.15, -0.1) is 0 Å². The lowest BCUT2D eigenvalue weighted by molar-refractivity contribution is 0.124. The fraction of sp³-hybridized carbons (Fsp3) is 0.455. The van der Waals surface area contributed by atoms with Gasteiger partial charge in [0.2, 0.25) is 11.7 Å². The van der Waals surface area contributed by atoms with Crippen LogP contribution in [0.4, 0.5) is 10.2 Å². The van der Waals surface area contributed by atoms with Gasteiger partial charge in [0.15, 0.2) is 5.82 Å². The minimum absolute atomic E-state index is 0.154. The summed E-state index contributed by atoms with van der Waals surface area (Å²) in [7, 11) is 0. The standard InChI is InChI=1S/C22H26FN5O2/c1-14-13-24-21(29-22(2,3)4)19(25-14)28-10-8-15(9-11-28)20-26-18(27-30-20)16-6-5-7-17(23)12-16/h5-7,12-13,15H,8-11H2,1-4H3. The molecule has 3 heterocycles. The number of piperidine rings is 1. The maximum Gasteiger partial charge on any atom is 0.258 e. The molecule has 0 spiro atoms. The van der Waals surface area contributed by atoms with Gasteiger partial charge in [0.05, 0.1) is 11.9 Å². The molecule has 1 saturated heterocycles. The van der Waals surface area contributed by atoms with Crippen LogP contribution in [0.15, 0.2) is 35.0 Å². The molecule has 0 radical (unpaired) electrons. The van der Waals surface area contributed by atoms with Crippen LogP contribution in [-0.4, -0.2) is 38.8 Å². The van der Waals surface area contributed by atoms with Crippen molar-refractivity contribution in [2.24, 2.45) is 0 Å². The van der Waals surface area contributed by atoms with E-state index in [0.29, 0.717) is 23.2 Å². The Kier molecular flexibility index (Phi) is 5.40. The number of benzene rings is 1. The number of rotatable bonds is 4. The Labute approximate surface area is 175 Å². The summed E-state index contributed by atoms with van der Waals surface area (Å²) in [5.41, 5.74) is 1.11. The molecule has 0 amide bonds. The molecular formula is C22H26FN5O2. The van der Waals surface area contributed by atoms with Crippen molar-refractivity contribution in [3.05, 3.63) is 47.9 Å². The minimum atomic E-state index is -0.353. The van der Waals surface area contributed by atoms with E-state index in [9.17, 15) is 4.39 Å². The molecule has 30 heavy (non-hydrogen) atoms. The first-order valence-electron chi connectivity index (χ1n) is 10.2. The molecule has 1 aliphatic rings. The zero-order chi connectivity index (χ0) is 21.3. The smallest absolute Gasteiger partial charge is 0.258 e. The van der Waals surface area contributed by atoms with Gasteiger partial charge >= 0.3 is 0 Å². The first-order chi connectivity index (χ1) is 14.3. The molecular weight excluding hydrogens is 385 g/mol. The van der Waals surface area contributed by atoms with Crippen molar-refractivity contribution < 1.29 is 13.7 Å². The normalized spacial score (nSPS) is 15.4. The van der Waals surface area contributed by atoms with Gasteiger partial charge in [0, 0.05) is 24.6 Å². The van der Waals surface area contributed by atoms with Gasteiger partial charge in [-0.1, -0.05) is 17.3 Å². The number of aromatic nitrogens is 4. The fourth-order valence-corrected chi connectivity index (χ4v) is 3.51. The first kappa shape index (κ1) is 20.3. The van der Waals surface area contributed by atoms with Crippen molar-refractivity contribution in [1.29, 1.82) is 0 Å². The quantitative estimate of drug-likeness (QED) is 0.624. The number of hydrogen-bond acceptors (Lipinski definition) is 7. The highest BCUT2D eigenvalue weighted by Gasteiger charge is 2.29. The van der Waals surface area contributed by atoms with Crippen LogP contribution in [0.5, 0.6) is 5.88 Å². The summed E-state index contributed by atoms with van der Waals surface area (Å²) in [5.74, 6) is 2.17. The van der Waals surface area contributed by atoms with Gasteiger partial charge in [-0.25, -0.2) is 14.4 Å². The van der Waals surface area contributed by atoms with Crippen molar-refractivity contribution in [3.63, 3.8) is 0 Å². The van der Waals surface area contributed by atoms with Crippen molar-refractivity contribution in [2.75, 3.05) is 18.0 Å². The Morgan fingerprint density at radius 3 is 2.63 bits per heavy atom. The Morgan fingerprint density at radius 2 is 1.93 bits per heavy atom. The second-order valence-corrected chi connectivity index (χ2v) is 8.58. The average Bonchev–Trinajstić information content (AvgIpc) is 3.19. The fourth-order valence-electron chi connectivity index (χ4n) is 3.51. The number of nitrogens with zero attached hydrogens (tertiary/aromatic N) is 5. The molecule has 3 aromatic rings. The lowest BCUT2D eigenvalue weighted by atomic mass is 9.97. The summed E-state index contributed by atoms with van der Waals surface area (Å²) >= 11 is 0. The summed E-state index contributed by atoms with van der Waals surface area (Å²) in [5, 5.41) is 4.04. The van der Waals surface area contributed by atoms with Crippen LogP contribution in [0.1, 0.15) is 51.1 Å². The first-order valence-corrected chi connectivity index (χ1v) is 10.2. The molecule has 8 heteroatoms. The van der Waals surface area contributed by atoms with Crippen LogP contribution < -0.4 is 9.64 Å². The van der Waals surface area contributed by atoms with Crippen LogP contribution in [0.25, 0.3) is 11.4 Å². The Bertz CT molecular complexity index is 1020. The molecule has 1 fully saturated rings. The van der Waals surface area contributed by atoms with Crippen LogP contribution in [0.3, 0.4) is 0 Å². The monoisotopic (exact) mass is 411 g/mol. The Morgan fingerprint density at radius 1 is 1.17 bits per heavy atom. The molecule has 1 aromatic carbocycles. The van der Waals surface area contributed by atoms with Gasteiger partial charge in [-0.2, -0.15) is 4.98 Å². The van der Waals surface area contributed by atoms with E-state index in [1.165, 1.54) is 12.1 Å². The highest BCUT2D eigenvalue weighted by Crippen LogP contribution is 2.34. The van der Waals surface area contributed by atoms with Crippen LogP contribution in [-0.2, 0) is 0 Å². The third-order valence-corrected chi connectivity index (χ3v) is 4.91. The van der Waals surface area contributed by atoms with Crippen LogP contribution in [0.2, 0.25) is 0 Å². The predicted molar refractivity (Wildman–Crippen MR) is 111 cm³/mol. The third-order valence-electron chi connectivity index (χ3n) is 4.91. The molecule has 0 bridgehead atoms. The predicted octanol–water partition coefficient (Wildman–Crippen LogP) is 4.54. The molecule has 0 N–H and O–H groups in total. The summed E-state index contributed by atoms with van der Waals surface area (Å²) in [6.07, 6.45) is 3.41. The van der Waals surface area contributed by atoms with E-state index in [0.717, 1.165) is 37.4 Å². The SMILES string of the molecule is Cc1cnc(OC(C)(C)C)c(N2CCC(c3nc(-c4cccc(F)c4)no3)CC2)n1. The lowest BCUT2D eigenvalue weighted by Crippen LogP contribution is -2.35. The molecule has 0 saturated carbocycles. The number of hydrogen-bond donors (Lipinski definition) is 0. The maximum absolute atomic E-state index is 13.5. The Balaban J connectivity index is 1.47. The zero-order valence-corrected chi connectivity index (χ0v) is 17.7. The second-order valence-electron chi connectivity index (χ2n) is 8.58. The molecule has 2 aromatic heterocycles. The average molecular weight is 411 g/mol. The number of halogens is 1. The largest absolute Gasteiger partial charge is 0.469 e. The van der Waals surface area contributed by atoms with E-state index in [-0.39, 0.29) is 17.3 Å². The molecule has 0 atom stereocenters. The highest BCUT2D eigenvalue weighted by atomic mass is 19.1. The van der Waals surface area contributed by atoms with Crippen LogP contribution >= 0.6 is 0 Å². The summed E-state index contributed by atoms with van der Waals surface area (Å²) in [4.78, 5) is 15.8. The van der Waals surface area contributed by atoms with Crippen molar-refractivity contribution in [1.82, 2.24) is 20.1 Å². The third kappa shape index (κ3) is 4.58. The highest BCUT2D eigenvalue weighted by molar-refractivity contribution is 5.54. The molecule has 7 nitrogen and oxygen atoms in total. The molecule has 0 aliphatic carbocycles. The number of aryl methyl sites for hydroxylation is 1. The molecule has 1 aliphatic heterocycles. The van der Waals surface area contributed by atoms with Gasteiger partial charge < -0.3 is 14.2 Å². The lowest BCUT2D eigenvalue weighted by Gasteiger charge is -2.33. The molecule has 4 rings (SSSR count). The van der Waals surface area contributed by atoms with Crippen molar-refractivity contribution in [2.45, 2.75) is 52.1 Å². The number of ether oxygens (including phenoxy) is 1. The molecule has 0 unspecified atom stereocenters.